The molecule has 0 atom stereocenters. The van der Waals surface area contributed by atoms with Crippen LogP contribution < -0.4 is 11.3 Å². The summed E-state index contributed by atoms with van der Waals surface area (Å²) in [6.45, 7) is 4.57. The number of unbranched alkanes of at least 4 members (excludes halogenated alkanes) is 8. The molecule has 150 valence electrons. The monoisotopic (exact) mass is 375 g/mol. The molecule has 7 heteroatoms. The summed E-state index contributed by atoms with van der Waals surface area (Å²) < 4.78 is 1.33. The summed E-state index contributed by atoms with van der Waals surface area (Å²) in [7, 11) is 0. The first-order valence-electron chi connectivity index (χ1n) is 10.2. The summed E-state index contributed by atoms with van der Waals surface area (Å²) in [5.74, 6) is 0.716. The number of H-pyrrole nitrogens is 1. The van der Waals surface area contributed by atoms with Crippen LogP contribution in [0.5, 0.6) is 0 Å². The zero-order valence-electron chi connectivity index (χ0n) is 16.7. The van der Waals surface area contributed by atoms with Gasteiger partial charge in [0.1, 0.15) is 6.33 Å². The molecule has 0 radical (unpaired) electrons. The second-order valence-corrected chi connectivity index (χ2v) is 7.75. The van der Waals surface area contributed by atoms with Gasteiger partial charge >= 0.3 is 0 Å². The highest BCUT2D eigenvalue weighted by Crippen LogP contribution is 2.14. The number of aromatic nitrogens is 4. The molecular weight excluding hydrogens is 342 g/mol. The van der Waals surface area contributed by atoms with Gasteiger partial charge in [0.15, 0.2) is 11.2 Å². The van der Waals surface area contributed by atoms with Crippen LogP contribution in [0.2, 0.25) is 0 Å². The Morgan fingerprint density at radius 1 is 1.07 bits per heavy atom. The summed E-state index contributed by atoms with van der Waals surface area (Å²) in [6.07, 6.45) is 14.1. The Kier molecular flexibility index (Phi) is 8.48. The van der Waals surface area contributed by atoms with Crippen LogP contribution in [0.1, 0.15) is 89.3 Å². The number of hydrogen-bond acceptors (Lipinski definition) is 5. The second kappa shape index (κ2) is 10.8. The Balaban J connectivity index is 1.60. The van der Waals surface area contributed by atoms with Crippen LogP contribution in [0.15, 0.2) is 11.1 Å². The molecular formula is C20H33N5O2. The zero-order valence-corrected chi connectivity index (χ0v) is 16.7. The van der Waals surface area contributed by atoms with E-state index in [1.165, 1.54) is 55.8 Å². The molecule has 0 aliphatic heterocycles. The van der Waals surface area contributed by atoms with E-state index in [0.29, 0.717) is 6.42 Å². The van der Waals surface area contributed by atoms with Gasteiger partial charge < -0.3 is 5.73 Å². The minimum absolute atomic E-state index is 0.00810. The van der Waals surface area contributed by atoms with Crippen LogP contribution in [0.25, 0.3) is 11.2 Å². The van der Waals surface area contributed by atoms with E-state index in [0.717, 1.165) is 25.2 Å². The Hall–Kier alpha value is -2.18. The van der Waals surface area contributed by atoms with Crippen LogP contribution in [-0.2, 0) is 0 Å². The normalized spacial score (nSPS) is 11.5. The van der Waals surface area contributed by atoms with E-state index >= 15 is 0 Å². The van der Waals surface area contributed by atoms with Crippen LogP contribution in [0.4, 0.5) is 5.95 Å². The minimum Gasteiger partial charge on any atom is -0.369 e. The number of carbonyl (C=O) groups excluding carboxylic acids is 1. The maximum Gasteiger partial charge on any atom is 0.280 e. The third kappa shape index (κ3) is 6.81. The average molecular weight is 376 g/mol. The molecule has 27 heavy (non-hydrogen) atoms. The van der Waals surface area contributed by atoms with Crippen molar-refractivity contribution in [2.75, 3.05) is 5.73 Å². The van der Waals surface area contributed by atoms with E-state index in [-0.39, 0.29) is 23.0 Å². The highest BCUT2D eigenvalue weighted by Gasteiger charge is 2.14. The van der Waals surface area contributed by atoms with E-state index in [1.54, 1.807) is 0 Å². The molecule has 0 amide bonds. The van der Waals surface area contributed by atoms with E-state index < -0.39 is 5.56 Å². The third-order valence-corrected chi connectivity index (χ3v) is 4.87. The smallest absolute Gasteiger partial charge is 0.280 e. The number of carbonyl (C=O) groups is 1. The fourth-order valence-electron chi connectivity index (χ4n) is 3.30. The zero-order chi connectivity index (χ0) is 19.6. The van der Waals surface area contributed by atoms with Gasteiger partial charge in [-0.3, -0.25) is 19.1 Å². The predicted molar refractivity (Wildman–Crippen MR) is 109 cm³/mol. The number of hydrogen-bond donors (Lipinski definition) is 2. The SMILES string of the molecule is CC(C)CCCCCCCCCCCC(=O)n1cnc2c(=O)[nH]c(N)nc21. The summed E-state index contributed by atoms with van der Waals surface area (Å²) in [5.41, 5.74) is 5.51. The summed E-state index contributed by atoms with van der Waals surface area (Å²) in [6, 6.07) is 0. The Morgan fingerprint density at radius 3 is 2.30 bits per heavy atom. The Morgan fingerprint density at radius 2 is 1.67 bits per heavy atom. The molecule has 7 nitrogen and oxygen atoms in total. The summed E-state index contributed by atoms with van der Waals surface area (Å²) >= 11 is 0. The maximum atomic E-state index is 12.4. The average Bonchev–Trinajstić information content (AvgIpc) is 3.03. The molecule has 0 aromatic carbocycles. The molecule has 0 aliphatic carbocycles. The molecule has 3 N–H and O–H groups in total. The fraction of sp³-hybridized carbons (Fsp3) is 0.700. The molecule has 0 spiro atoms. The maximum absolute atomic E-state index is 12.4. The number of rotatable bonds is 12. The first-order valence-corrected chi connectivity index (χ1v) is 10.2. The molecule has 2 heterocycles. The number of nitrogens with zero attached hydrogens (tertiary/aromatic N) is 3. The lowest BCUT2D eigenvalue weighted by Gasteiger charge is -2.05. The molecule has 2 rings (SSSR count). The van der Waals surface area contributed by atoms with E-state index in [1.807, 2.05) is 0 Å². The largest absolute Gasteiger partial charge is 0.369 e. The Bertz CT molecular complexity index is 778. The van der Waals surface area contributed by atoms with Crippen molar-refractivity contribution in [2.24, 2.45) is 5.92 Å². The fourth-order valence-corrected chi connectivity index (χ4v) is 3.30. The van der Waals surface area contributed by atoms with Crippen molar-refractivity contribution in [1.82, 2.24) is 19.5 Å². The van der Waals surface area contributed by atoms with Gasteiger partial charge in [-0.05, 0) is 12.3 Å². The van der Waals surface area contributed by atoms with Crippen molar-refractivity contribution in [2.45, 2.75) is 84.5 Å². The third-order valence-electron chi connectivity index (χ3n) is 4.87. The van der Waals surface area contributed by atoms with Crippen LogP contribution in [0.3, 0.4) is 0 Å². The van der Waals surface area contributed by atoms with Crippen LogP contribution in [-0.4, -0.2) is 25.4 Å². The van der Waals surface area contributed by atoms with Crippen molar-refractivity contribution >= 4 is 23.0 Å². The van der Waals surface area contributed by atoms with Gasteiger partial charge in [-0.1, -0.05) is 71.6 Å². The number of imidazole rings is 1. The quantitative estimate of drug-likeness (QED) is 0.538. The number of aromatic amines is 1. The van der Waals surface area contributed by atoms with Crippen LogP contribution >= 0.6 is 0 Å². The summed E-state index contributed by atoms with van der Waals surface area (Å²) in [4.78, 5) is 34.5. The van der Waals surface area contributed by atoms with Crippen molar-refractivity contribution in [3.63, 3.8) is 0 Å². The van der Waals surface area contributed by atoms with Crippen LogP contribution in [0, 0.1) is 5.92 Å². The van der Waals surface area contributed by atoms with Crippen molar-refractivity contribution in [1.29, 1.82) is 0 Å². The molecule has 0 bridgehead atoms. The number of nitrogen functional groups attached to an aromatic ring is 1. The van der Waals surface area contributed by atoms with Gasteiger partial charge in [0, 0.05) is 6.42 Å². The molecule has 0 saturated heterocycles. The van der Waals surface area contributed by atoms with E-state index in [4.69, 9.17) is 5.73 Å². The van der Waals surface area contributed by atoms with E-state index in [9.17, 15) is 9.59 Å². The molecule has 0 aliphatic rings. The first-order chi connectivity index (χ1) is 13.0. The van der Waals surface area contributed by atoms with Crippen molar-refractivity contribution in [3.05, 3.63) is 16.7 Å². The number of nitrogens with one attached hydrogen (secondary N) is 1. The highest BCUT2D eigenvalue weighted by atomic mass is 16.2. The van der Waals surface area contributed by atoms with Gasteiger partial charge in [0.05, 0.1) is 0 Å². The van der Waals surface area contributed by atoms with Crippen molar-refractivity contribution < 1.29 is 4.79 Å². The molecule has 0 fully saturated rings. The first kappa shape index (κ1) is 21.1. The lowest BCUT2D eigenvalue weighted by Crippen LogP contribution is -2.15. The van der Waals surface area contributed by atoms with Gasteiger partial charge in [-0.25, -0.2) is 4.98 Å². The minimum atomic E-state index is -0.423. The topological polar surface area (TPSA) is 107 Å². The molecule has 0 unspecified atom stereocenters. The van der Waals surface area contributed by atoms with Gasteiger partial charge in [0.2, 0.25) is 11.9 Å². The van der Waals surface area contributed by atoms with Gasteiger partial charge in [-0.15, -0.1) is 0 Å². The lowest BCUT2D eigenvalue weighted by molar-refractivity contribution is 0.0903. The van der Waals surface area contributed by atoms with Gasteiger partial charge in [0.25, 0.3) is 5.56 Å². The summed E-state index contributed by atoms with van der Waals surface area (Å²) in [5, 5.41) is 0. The molecule has 2 aromatic heterocycles. The standard InChI is InChI=1S/C20H33N5O2/c1-15(2)12-10-8-6-4-3-5-7-9-11-13-16(26)25-14-22-17-18(25)23-20(21)24-19(17)27/h14-15H,3-13H2,1-2H3,(H3,21,23,24,27). The predicted octanol–water partition coefficient (Wildman–Crippen LogP) is 4.29. The molecule has 2 aromatic rings. The van der Waals surface area contributed by atoms with Crippen molar-refractivity contribution in [3.8, 4) is 0 Å². The Labute approximate surface area is 160 Å². The second-order valence-electron chi connectivity index (χ2n) is 7.75. The highest BCUT2D eigenvalue weighted by molar-refractivity contribution is 5.88. The van der Waals surface area contributed by atoms with E-state index in [2.05, 4.69) is 28.8 Å². The number of fused-ring (bicyclic) bond motifs is 1. The lowest BCUT2D eigenvalue weighted by atomic mass is 10.0. The number of anilines is 1. The van der Waals surface area contributed by atoms with Gasteiger partial charge in [-0.2, -0.15) is 4.98 Å². The number of nitrogens with two attached hydrogens (primary N) is 1. The molecule has 0 saturated carbocycles.